The summed E-state index contributed by atoms with van der Waals surface area (Å²) >= 11 is 0. The lowest BCUT2D eigenvalue weighted by Crippen LogP contribution is -2.18. The van der Waals surface area contributed by atoms with Crippen LogP contribution in [0.5, 0.6) is 0 Å². The van der Waals surface area contributed by atoms with Crippen molar-refractivity contribution in [1.29, 1.82) is 0 Å². The van der Waals surface area contributed by atoms with Gasteiger partial charge >= 0.3 is 0 Å². The lowest BCUT2D eigenvalue weighted by molar-refractivity contribution is 0.641. The van der Waals surface area contributed by atoms with Crippen molar-refractivity contribution < 1.29 is 0 Å². The summed E-state index contributed by atoms with van der Waals surface area (Å²) in [5, 5.41) is 1.15. The Kier molecular flexibility index (Phi) is 7.87. The van der Waals surface area contributed by atoms with Crippen LogP contribution in [0, 0.1) is 0 Å². The molecule has 0 aliphatic rings. The maximum absolute atomic E-state index is 5.06. The Bertz CT molecular complexity index is 2360. The van der Waals surface area contributed by atoms with Crippen molar-refractivity contribution in [1.82, 2.24) is 15.0 Å². The summed E-state index contributed by atoms with van der Waals surface area (Å²) < 4.78 is 0. The van der Waals surface area contributed by atoms with Crippen molar-refractivity contribution in [3.8, 4) is 56.2 Å². The molecule has 8 aromatic rings. The molecule has 3 nitrogen and oxygen atoms in total. The Morgan fingerprint density at radius 3 is 1.51 bits per heavy atom. The summed E-state index contributed by atoms with van der Waals surface area (Å²) in [7, 11) is 0. The number of fused-ring (bicyclic) bond motifs is 1. The quantitative estimate of drug-likeness (QED) is 0.176. The third-order valence-electron chi connectivity index (χ3n) is 9.50. The fourth-order valence-corrected chi connectivity index (χ4v) is 6.55. The number of pyridine rings is 1. The summed E-state index contributed by atoms with van der Waals surface area (Å²) in [5.74, 6) is 0.714. The van der Waals surface area contributed by atoms with Crippen LogP contribution in [-0.4, -0.2) is 15.0 Å². The van der Waals surface area contributed by atoms with Gasteiger partial charge in [-0.05, 0) is 39.9 Å². The Morgan fingerprint density at radius 2 is 0.898 bits per heavy atom. The van der Waals surface area contributed by atoms with Crippen LogP contribution < -0.4 is 0 Å². The normalized spacial score (nSPS) is 11.5. The summed E-state index contributed by atoms with van der Waals surface area (Å²) in [6.07, 6.45) is 1.86. The molecule has 0 saturated carbocycles. The Labute approximate surface area is 287 Å². The molecular weight excluding hydrogens is 595 g/mol. The smallest absolute Gasteiger partial charge is 0.160 e. The van der Waals surface area contributed by atoms with Crippen LogP contribution in [0.4, 0.5) is 0 Å². The third kappa shape index (κ3) is 6.03. The molecule has 8 rings (SSSR count). The van der Waals surface area contributed by atoms with E-state index in [4.69, 9.17) is 9.97 Å². The molecular formula is C46H35N3. The molecule has 234 valence electrons. The minimum absolute atomic E-state index is 0.194. The second-order valence-corrected chi connectivity index (χ2v) is 12.9. The zero-order valence-electron chi connectivity index (χ0n) is 27.6. The maximum Gasteiger partial charge on any atom is 0.160 e. The standard InChI is InChI=1S/C46H35N3/c1-46(2,39-26-22-34(23-27-39)41-17-9-15-37-16-10-30-47-44(37)41)40-28-24-36(25-29-40)43-31-42(48-45(49-43)38-13-7-4-8-14-38)35-20-18-33(19-21-35)32-11-5-3-6-12-32/h3-31H,1-2H3. The van der Waals surface area contributed by atoms with Crippen LogP contribution in [-0.2, 0) is 5.41 Å². The average molecular weight is 630 g/mol. The first-order valence-electron chi connectivity index (χ1n) is 16.7. The lowest BCUT2D eigenvalue weighted by atomic mass is 9.77. The Hall–Kier alpha value is -6.19. The van der Waals surface area contributed by atoms with Gasteiger partial charge in [0.2, 0.25) is 0 Å². The zero-order valence-corrected chi connectivity index (χ0v) is 27.6. The summed E-state index contributed by atoms with van der Waals surface area (Å²) in [5.41, 5.74) is 12.9. The first-order valence-corrected chi connectivity index (χ1v) is 16.7. The van der Waals surface area contributed by atoms with Gasteiger partial charge in [-0.25, -0.2) is 9.97 Å². The van der Waals surface area contributed by atoms with Gasteiger partial charge in [0.05, 0.1) is 16.9 Å². The molecule has 3 heteroatoms. The fourth-order valence-electron chi connectivity index (χ4n) is 6.55. The summed E-state index contributed by atoms with van der Waals surface area (Å²) in [6.45, 7) is 4.57. The number of rotatable bonds is 7. The molecule has 0 spiro atoms. The van der Waals surface area contributed by atoms with Crippen LogP contribution in [0.2, 0.25) is 0 Å². The van der Waals surface area contributed by atoms with Crippen LogP contribution in [0.25, 0.3) is 67.1 Å². The molecule has 0 amide bonds. The van der Waals surface area contributed by atoms with Gasteiger partial charge in [-0.3, -0.25) is 4.98 Å². The van der Waals surface area contributed by atoms with Crippen LogP contribution in [0.15, 0.2) is 176 Å². The number of nitrogens with zero attached hydrogens (tertiary/aromatic N) is 3. The van der Waals surface area contributed by atoms with E-state index in [0.717, 1.165) is 44.5 Å². The molecule has 49 heavy (non-hydrogen) atoms. The first-order chi connectivity index (χ1) is 24.0. The van der Waals surface area contributed by atoms with Crippen molar-refractivity contribution in [2.75, 3.05) is 0 Å². The lowest BCUT2D eigenvalue weighted by Gasteiger charge is -2.26. The summed E-state index contributed by atoms with van der Waals surface area (Å²) in [6, 6.07) is 59.6. The average Bonchev–Trinajstić information content (AvgIpc) is 3.18. The van der Waals surface area contributed by atoms with E-state index in [-0.39, 0.29) is 5.41 Å². The highest BCUT2D eigenvalue weighted by Gasteiger charge is 2.23. The van der Waals surface area contributed by atoms with E-state index >= 15 is 0 Å². The highest BCUT2D eigenvalue weighted by atomic mass is 14.9. The highest BCUT2D eigenvalue weighted by Crippen LogP contribution is 2.36. The minimum Gasteiger partial charge on any atom is -0.256 e. The van der Waals surface area contributed by atoms with Crippen molar-refractivity contribution in [2.45, 2.75) is 19.3 Å². The maximum atomic E-state index is 5.06. The predicted octanol–water partition coefficient (Wildman–Crippen LogP) is 11.7. The van der Waals surface area contributed by atoms with E-state index in [1.807, 2.05) is 36.5 Å². The number of benzene rings is 6. The van der Waals surface area contributed by atoms with Crippen LogP contribution in [0.3, 0.4) is 0 Å². The van der Waals surface area contributed by atoms with E-state index < -0.39 is 0 Å². The predicted molar refractivity (Wildman–Crippen MR) is 203 cm³/mol. The molecule has 0 N–H and O–H groups in total. The van der Waals surface area contributed by atoms with Gasteiger partial charge in [0.25, 0.3) is 0 Å². The van der Waals surface area contributed by atoms with E-state index in [2.05, 4.69) is 158 Å². The van der Waals surface area contributed by atoms with Gasteiger partial charge in [0, 0.05) is 39.3 Å². The molecule has 2 heterocycles. The fraction of sp³-hybridized carbons (Fsp3) is 0.0652. The van der Waals surface area contributed by atoms with Gasteiger partial charge in [-0.15, -0.1) is 0 Å². The zero-order chi connectivity index (χ0) is 33.2. The number of hydrogen-bond acceptors (Lipinski definition) is 3. The summed E-state index contributed by atoms with van der Waals surface area (Å²) in [4.78, 5) is 14.7. The molecule has 0 radical (unpaired) electrons. The molecule has 2 aromatic heterocycles. The van der Waals surface area contributed by atoms with E-state index in [9.17, 15) is 0 Å². The van der Waals surface area contributed by atoms with Gasteiger partial charge in [0.1, 0.15) is 0 Å². The highest BCUT2D eigenvalue weighted by molar-refractivity contribution is 5.93. The molecule has 0 saturated heterocycles. The van der Waals surface area contributed by atoms with Crippen molar-refractivity contribution in [2.24, 2.45) is 0 Å². The third-order valence-corrected chi connectivity index (χ3v) is 9.50. The minimum atomic E-state index is -0.194. The van der Waals surface area contributed by atoms with E-state index in [1.54, 1.807) is 0 Å². The molecule has 0 bridgehead atoms. The molecule has 0 aliphatic carbocycles. The first kappa shape index (κ1) is 30.2. The van der Waals surface area contributed by atoms with Crippen molar-refractivity contribution in [3.05, 3.63) is 187 Å². The number of hydrogen-bond donors (Lipinski definition) is 0. The van der Waals surface area contributed by atoms with E-state index in [0.29, 0.717) is 5.82 Å². The van der Waals surface area contributed by atoms with Gasteiger partial charge in [0.15, 0.2) is 5.82 Å². The van der Waals surface area contributed by atoms with Gasteiger partial charge in [-0.2, -0.15) is 0 Å². The van der Waals surface area contributed by atoms with Gasteiger partial charge < -0.3 is 0 Å². The molecule has 0 fully saturated rings. The largest absolute Gasteiger partial charge is 0.256 e. The molecule has 6 aromatic carbocycles. The van der Waals surface area contributed by atoms with Crippen molar-refractivity contribution in [3.63, 3.8) is 0 Å². The second kappa shape index (κ2) is 12.8. The van der Waals surface area contributed by atoms with Crippen LogP contribution in [0.1, 0.15) is 25.0 Å². The molecule has 0 aliphatic heterocycles. The Balaban J connectivity index is 1.11. The van der Waals surface area contributed by atoms with Gasteiger partial charge in [-0.1, -0.05) is 172 Å². The van der Waals surface area contributed by atoms with Crippen LogP contribution >= 0.6 is 0 Å². The monoisotopic (exact) mass is 629 g/mol. The van der Waals surface area contributed by atoms with E-state index in [1.165, 1.54) is 27.8 Å². The number of para-hydroxylation sites is 1. The molecule has 0 unspecified atom stereocenters. The second-order valence-electron chi connectivity index (χ2n) is 12.9. The number of aromatic nitrogens is 3. The SMILES string of the molecule is CC(C)(c1ccc(-c2cc(-c3ccc(-c4ccccc4)cc3)nc(-c3ccccc3)n2)cc1)c1ccc(-c2cccc3cccnc23)cc1. The van der Waals surface area contributed by atoms with Crippen molar-refractivity contribution >= 4 is 10.9 Å². The molecule has 0 atom stereocenters. The Morgan fingerprint density at radius 1 is 0.408 bits per heavy atom. The topological polar surface area (TPSA) is 38.7 Å².